The minimum atomic E-state index is -1.13. The number of methoxy groups -OCH3 is 1. The minimum absolute atomic E-state index is 0.168. The Morgan fingerprint density at radius 2 is 2.05 bits per heavy atom. The van der Waals surface area contributed by atoms with Crippen molar-refractivity contribution in [3.8, 4) is 0 Å². The predicted molar refractivity (Wildman–Crippen MR) is 76.0 cm³/mol. The van der Waals surface area contributed by atoms with Gasteiger partial charge in [0.1, 0.15) is 0 Å². The van der Waals surface area contributed by atoms with Crippen LogP contribution >= 0.6 is 0 Å². The summed E-state index contributed by atoms with van der Waals surface area (Å²) in [6, 6.07) is 1.87. The van der Waals surface area contributed by atoms with Gasteiger partial charge in [0, 0.05) is 12.7 Å². The van der Waals surface area contributed by atoms with E-state index in [0.717, 1.165) is 23.1 Å². The van der Waals surface area contributed by atoms with Crippen LogP contribution in [0.1, 0.15) is 45.6 Å². The van der Waals surface area contributed by atoms with Gasteiger partial charge in [-0.2, -0.15) is 0 Å². The van der Waals surface area contributed by atoms with Crippen LogP contribution in [-0.4, -0.2) is 36.3 Å². The van der Waals surface area contributed by atoms with E-state index in [4.69, 9.17) is 4.74 Å². The maximum atomic E-state index is 12.6. The van der Waals surface area contributed by atoms with E-state index in [0.29, 0.717) is 17.7 Å². The van der Waals surface area contributed by atoms with Crippen molar-refractivity contribution in [1.82, 2.24) is 0 Å². The van der Waals surface area contributed by atoms with Crippen LogP contribution in [0.3, 0.4) is 0 Å². The zero-order valence-electron chi connectivity index (χ0n) is 12.5. The molecule has 4 nitrogen and oxygen atoms in total. The third kappa shape index (κ3) is 1.99. The number of aliphatic hydroxyl groups is 2. The Labute approximate surface area is 119 Å². The summed E-state index contributed by atoms with van der Waals surface area (Å²) in [6.45, 7) is 5.74. The van der Waals surface area contributed by atoms with Crippen LogP contribution in [0.25, 0.3) is 0 Å². The maximum absolute atomic E-state index is 12.6. The van der Waals surface area contributed by atoms with Crippen molar-refractivity contribution in [3.05, 3.63) is 33.9 Å². The smallest absolute Gasteiger partial charge is 0.174 e. The van der Waals surface area contributed by atoms with Gasteiger partial charge in [-0.25, -0.2) is 0 Å². The molecule has 0 heterocycles. The number of ether oxygens (including phenoxy) is 1. The first kappa shape index (κ1) is 15.2. The molecule has 0 saturated heterocycles. The van der Waals surface area contributed by atoms with Crippen LogP contribution in [0, 0.1) is 19.3 Å². The molecule has 0 amide bonds. The molecule has 0 fully saturated rings. The molecular weight excluding hydrogens is 256 g/mol. The van der Waals surface area contributed by atoms with Crippen molar-refractivity contribution in [1.29, 1.82) is 0 Å². The van der Waals surface area contributed by atoms with Crippen LogP contribution in [0.15, 0.2) is 6.07 Å². The molecule has 0 spiro atoms. The first-order valence-electron chi connectivity index (χ1n) is 6.84. The monoisotopic (exact) mass is 278 g/mol. The van der Waals surface area contributed by atoms with Crippen molar-refractivity contribution in [2.24, 2.45) is 5.41 Å². The largest absolute Gasteiger partial charge is 0.395 e. The van der Waals surface area contributed by atoms with Gasteiger partial charge in [0.2, 0.25) is 0 Å². The first-order chi connectivity index (χ1) is 9.38. The number of fused-ring (bicyclic) bond motifs is 1. The van der Waals surface area contributed by atoms with E-state index < -0.39 is 11.5 Å². The van der Waals surface area contributed by atoms with E-state index in [1.54, 1.807) is 14.0 Å². The molecule has 0 saturated carbocycles. The lowest BCUT2D eigenvalue weighted by molar-refractivity contribution is 0.0129. The zero-order valence-corrected chi connectivity index (χ0v) is 12.5. The van der Waals surface area contributed by atoms with Gasteiger partial charge >= 0.3 is 0 Å². The quantitative estimate of drug-likeness (QED) is 0.880. The van der Waals surface area contributed by atoms with Crippen molar-refractivity contribution in [3.63, 3.8) is 0 Å². The van der Waals surface area contributed by atoms with Crippen LogP contribution in [-0.2, 0) is 11.2 Å². The number of aryl methyl sites for hydroxylation is 1. The number of aliphatic hydroxyl groups excluding tert-OH is 2. The van der Waals surface area contributed by atoms with Crippen LogP contribution < -0.4 is 0 Å². The summed E-state index contributed by atoms with van der Waals surface area (Å²) in [7, 11) is 1.65. The molecule has 0 unspecified atom stereocenters. The summed E-state index contributed by atoms with van der Waals surface area (Å²) >= 11 is 0. The predicted octanol–water partition coefficient (Wildman–Crippen LogP) is 1.72. The highest BCUT2D eigenvalue weighted by molar-refractivity contribution is 6.07. The Morgan fingerprint density at radius 3 is 2.60 bits per heavy atom. The Bertz CT molecular complexity index is 550. The molecule has 110 valence electrons. The standard InChI is InChI=1S/C16H22O4/c1-9-7-12-13(10(2)11(9)5-6-20-4)15(19)16(3,8-17)14(12)18/h7,14,17-18H,5-6,8H2,1-4H3/t14-,16+/m1/s1. The van der Waals surface area contributed by atoms with E-state index in [1.807, 2.05) is 19.9 Å². The van der Waals surface area contributed by atoms with Gasteiger partial charge in [-0.05, 0) is 49.4 Å². The second kappa shape index (κ2) is 5.28. The van der Waals surface area contributed by atoms with Gasteiger partial charge in [-0.3, -0.25) is 4.79 Å². The maximum Gasteiger partial charge on any atom is 0.174 e. The van der Waals surface area contributed by atoms with Crippen LogP contribution in [0.2, 0.25) is 0 Å². The number of carbonyl (C=O) groups is 1. The number of Topliss-reactive ketones (excluding diaryl/α,β-unsaturated/α-hetero) is 1. The Morgan fingerprint density at radius 1 is 1.40 bits per heavy atom. The van der Waals surface area contributed by atoms with E-state index in [2.05, 4.69) is 0 Å². The fraction of sp³-hybridized carbons (Fsp3) is 0.562. The lowest BCUT2D eigenvalue weighted by Gasteiger charge is -2.23. The van der Waals surface area contributed by atoms with Gasteiger partial charge in [0.25, 0.3) is 0 Å². The summed E-state index contributed by atoms with van der Waals surface area (Å²) in [5.74, 6) is -0.168. The fourth-order valence-electron chi connectivity index (χ4n) is 3.07. The third-order valence-corrected chi connectivity index (χ3v) is 4.49. The van der Waals surface area contributed by atoms with E-state index >= 15 is 0 Å². The number of hydrogen-bond donors (Lipinski definition) is 2. The van der Waals surface area contributed by atoms with Gasteiger partial charge in [-0.1, -0.05) is 6.07 Å². The summed E-state index contributed by atoms with van der Waals surface area (Å²) < 4.78 is 5.11. The van der Waals surface area contributed by atoms with Gasteiger partial charge in [0.05, 0.1) is 24.7 Å². The molecule has 0 aliphatic heterocycles. The molecule has 1 aromatic rings. The SMILES string of the molecule is COCCc1c(C)cc2c(c1C)C(=O)[C@@](C)(CO)[C@@H]2O. The summed E-state index contributed by atoms with van der Waals surface area (Å²) in [5.41, 5.74) is 3.13. The van der Waals surface area contributed by atoms with Crippen molar-refractivity contribution >= 4 is 5.78 Å². The summed E-state index contributed by atoms with van der Waals surface area (Å²) in [5, 5.41) is 19.9. The number of rotatable bonds is 4. The Kier molecular flexibility index (Phi) is 4.00. The normalized spacial score (nSPS) is 25.1. The van der Waals surface area contributed by atoms with E-state index in [-0.39, 0.29) is 12.4 Å². The molecule has 2 N–H and O–H groups in total. The average Bonchev–Trinajstić information content (AvgIpc) is 2.61. The second-order valence-corrected chi connectivity index (χ2v) is 5.81. The molecule has 0 bridgehead atoms. The molecule has 1 aliphatic rings. The topological polar surface area (TPSA) is 66.8 Å². The summed E-state index contributed by atoms with van der Waals surface area (Å²) in [6.07, 6.45) is -0.204. The lowest BCUT2D eigenvalue weighted by Crippen LogP contribution is -2.32. The highest BCUT2D eigenvalue weighted by Gasteiger charge is 2.49. The summed E-state index contributed by atoms with van der Waals surface area (Å²) in [4.78, 5) is 12.6. The first-order valence-corrected chi connectivity index (χ1v) is 6.84. The van der Waals surface area contributed by atoms with Crippen LogP contribution in [0.5, 0.6) is 0 Å². The third-order valence-electron chi connectivity index (χ3n) is 4.49. The van der Waals surface area contributed by atoms with Crippen LogP contribution in [0.4, 0.5) is 0 Å². The highest BCUT2D eigenvalue weighted by Crippen LogP contribution is 2.47. The van der Waals surface area contributed by atoms with Gasteiger partial charge < -0.3 is 14.9 Å². The Balaban J connectivity index is 2.59. The molecule has 0 radical (unpaired) electrons. The molecule has 20 heavy (non-hydrogen) atoms. The number of benzene rings is 1. The molecule has 1 aromatic carbocycles. The van der Waals surface area contributed by atoms with Gasteiger partial charge in [-0.15, -0.1) is 0 Å². The van der Waals surface area contributed by atoms with E-state index in [9.17, 15) is 15.0 Å². The molecular formula is C16H22O4. The molecule has 2 rings (SSSR count). The number of ketones is 1. The highest BCUT2D eigenvalue weighted by atomic mass is 16.5. The van der Waals surface area contributed by atoms with Gasteiger partial charge in [0.15, 0.2) is 5.78 Å². The van der Waals surface area contributed by atoms with Crippen molar-refractivity contribution < 1.29 is 19.7 Å². The molecule has 4 heteroatoms. The number of carbonyl (C=O) groups excluding carboxylic acids is 1. The zero-order chi connectivity index (χ0) is 15.1. The average molecular weight is 278 g/mol. The Hall–Kier alpha value is -1.23. The minimum Gasteiger partial charge on any atom is -0.395 e. The molecule has 0 aromatic heterocycles. The van der Waals surface area contributed by atoms with E-state index in [1.165, 1.54) is 0 Å². The molecule has 1 aliphatic carbocycles. The van der Waals surface area contributed by atoms with Crippen molar-refractivity contribution in [2.75, 3.05) is 20.3 Å². The number of hydrogen-bond acceptors (Lipinski definition) is 4. The molecule has 2 atom stereocenters. The second-order valence-electron chi connectivity index (χ2n) is 5.81. The lowest BCUT2D eigenvalue weighted by atomic mass is 9.84. The van der Waals surface area contributed by atoms with Crippen molar-refractivity contribution in [2.45, 2.75) is 33.3 Å². The fourth-order valence-corrected chi connectivity index (χ4v) is 3.07.